The van der Waals surface area contributed by atoms with E-state index in [1.165, 1.54) is 0 Å². The molecule has 0 aromatic rings. The van der Waals surface area contributed by atoms with Gasteiger partial charge in [-0.2, -0.15) is 0 Å². The molecule has 10 heavy (non-hydrogen) atoms. The Morgan fingerprint density at radius 3 is 2.50 bits per heavy atom. The van der Waals surface area contributed by atoms with Crippen LogP contribution in [0.25, 0.3) is 0 Å². The molecule has 0 radical (unpaired) electrons. The summed E-state index contributed by atoms with van der Waals surface area (Å²) in [6.45, 7) is 4.05. The predicted molar refractivity (Wildman–Crippen MR) is 36.6 cm³/mol. The van der Waals surface area contributed by atoms with Crippen molar-refractivity contribution in [1.82, 2.24) is 0 Å². The summed E-state index contributed by atoms with van der Waals surface area (Å²) in [6, 6.07) is 0. The van der Waals surface area contributed by atoms with Crippen LogP contribution < -0.4 is 0 Å². The lowest BCUT2D eigenvalue weighted by Gasteiger charge is -2.25. The van der Waals surface area contributed by atoms with Crippen molar-refractivity contribution in [2.24, 2.45) is 5.92 Å². The Balaban J connectivity index is 2.64. The number of hydrogen-bond acceptors (Lipinski definition) is 3. The minimum absolute atomic E-state index is 0.0999. The largest absolute Gasteiger partial charge is 0.394 e. The van der Waals surface area contributed by atoms with Gasteiger partial charge in [-0.05, 0) is 6.92 Å². The van der Waals surface area contributed by atoms with Crippen molar-refractivity contribution in [3.63, 3.8) is 0 Å². The first-order valence-corrected chi connectivity index (χ1v) is 3.54. The second-order valence-electron chi connectivity index (χ2n) is 3.13. The minimum atomic E-state index is -0.852. The topological polar surface area (TPSA) is 49.7 Å². The highest BCUT2D eigenvalue weighted by molar-refractivity contribution is 4.92. The van der Waals surface area contributed by atoms with Gasteiger partial charge in [-0.1, -0.05) is 6.92 Å². The molecule has 3 atom stereocenters. The van der Waals surface area contributed by atoms with Gasteiger partial charge in [-0.15, -0.1) is 0 Å². The summed E-state index contributed by atoms with van der Waals surface area (Å²) in [5.41, 5.74) is -0.852. The van der Waals surface area contributed by atoms with Crippen molar-refractivity contribution >= 4 is 0 Å². The van der Waals surface area contributed by atoms with Crippen LogP contribution in [0.2, 0.25) is 0 Å². The number of hydrogen-bond donors (Lipinski definition) is 2. The van der Waals surface area contributed by atoms with E-state index in [4.69, 9.17) is 9.84 Å². The van der Waals surface area contributed by atoms with Gasteiger partial charge in [-0.3, -0.25) is 0 Å². The van der Waals surface area contributed by atoms with E-state index in [0.717, 1.165) is 0 Å². The van der Waals surface area contributed by atoms with Crippen molar-refractivity contribution in [2.45, 2.75) is 25.6 Å². The molecule has 2 N–H and O–H groups in total. The molecule has 1 aliphatic heterocycles. The zero-order valence-corrected chi connectivity index (χ0v) is 6.37. The molecule has 0 aromatic carbocycles. The minimum Gasteiger partial charge on any atom is -0.394 e. The fourth-order valence-corrected chi connectivity index (χ4v) is 1.15. The lowest BCUT2D eigenvalue weighted by molar-refractivity contribution is -0.0591. The first-order valence-electron chi connectivity index (χ1n) is 3.54. The Kier molecular flexibility index (Phi) is 1.99. The van der Waals surface area contributed by atoms with Crippen LogP contribution in [0.4, 0.5) is 0 Å². The maximum atomic E-state index is 9.64. The van der Waals surface area contributed by atoms with E-state index in [9.17, 15) is 5.11 Å². The number of rotatable bonds is 1. The zero-order chi connectivity index (χ0) is 7.78. The molecule has 0 spiro atoms. The average Bonchev–Trinajstić information content (AvgIpc) is 2.10. The summed E-state index contributed by atoms with van der Waals surface area (Å²) in [5.74, 6) is 0.115. The van der Waals surface area contributed by atoms with Gasteiger partial charge >= 0.3 is 0 Å². The van der Waals surface area contributed by atoms with Crippen LogP contribution >= 0.6 is 0 Å². The third kappa shape index (κ3) is 1.05. The summed E-state index contributed by atoms with van der Waals surface area (Å²) in [5, 5.41) is 18.4. The molecule has 1 saturated heterocycles. The fraction of sp³-hybridized carbons (Fsp3) is 1.00. The van der Waals surface area contributed by atoms with Gasteiger partial charge in [0.05, 0.1) is 18.8 Å². The van der Waals surface area contributed by atoms with Gasteiger partial charge in [0.15, 0.2) is 0 Å². The molecular formula is C7H14O3. The van der Waals surface area contributed by atoms with E-state index in [-0.39, 0.29) is 12.5 Å². The third-order valence-electron chi connectivity index (χ3n) is 2.36. The van der Waals surface area contributed by atoms with E-state index >= 15 is 0 Å². The van der Waals surface area contributed by atoms with Gasteiger partial charge in [0.25, 0.3) is 0 Å². The van der Waals surface area contributed by atoms with Crippen molar-refractivity contribution in [3.8, 4) is 0 Å². The van der Waals surface area contributed by atoms with E-state index in [2.05, 4.69) is 0 Å². The Morgan fingerprint density at radius 1 is 1.70 bits per heavy atom. The molecule has 60 valence electrons. The molecule has 1 fully saturated rings. The summed E-state index contributed by atoms with van der Waals surface area (Å²) >= 11 is 0. The van der Waals surface area contributed by atoms with Crippen molar-refractivity contribution in [2.75, 3.05) is 13.2 Å². The quantitative estimate of drug-likeness (QED) is 0.537. The molecule has 1 aliphatic rings. The summed E-state index contributed by atoms with van der Waals surface area (Å²) in [4.78, 5) is 0. The van der Waals surface area contributed by atoms with Gasteiger partial charge in [0.2, 0.25) is 0 Å². The van der Waals surface area contributed by atoms with Crippen LogP contribution in [-0.2, 0) is 4.74 Å². The van der Waals surface area contributed by atoms with Crippen molar-refractivity contribution in [3.05, 3.63) is 0 Å². The highest BCUT2D eigenvalue weighted by Crippen LogP contribution is 2.30. The van der Waals surface area contributed by atoms with E-state index in [1.807, 2.05) is 6.92 Å². The number of ether oxygens (including phenoxy) is 1. The number of aliphatic hydroxyl groups is 2. The van der Waals surface area contributed by atoms with Crippen LogP contribution in [0, 0.1) is 5.92 Å². The maximum Gasteiger partial charge on any atom is 0.109 e. The smallest absolute Gasteiger partial charge is 0.109 e. The van der Waals surface area contributed by atoms with Crippen LogP contribution in [0.5, 0.6) is 0 Å². The van der Waals surface area contributed by atoms with Gasteiger partial charge in [-0.25, -0.2) is 0 Å². The van der Waals surface area contributed by atoms with Gasteiger partial charge < -0.3 is 14.9 Å². The first kappa shape index (κ1) is 7.98. The molecule has 0 aromatic heterocycles. The standard InChI is InChI=1S/C7H14O3/c1-5-4-10-6(3-8)7(5,2)9/h5-6,8-9H,3-4H2,1-2H3/t5-,6+,7-/m0/s1. The summed E-state index contributed by atoms with van der Waals surface area (Å²) < 4.78 is 5.13. The average molecular weight is 146 g/mol. The molecule has 0 saturated carbocycles. The number of aliphatic hydroxyl groups excluding tert-OH is 1. The maximum absolute atomic E-state index is 9.64. The Labute approximate surface area is 60.6 Å². The molecule has 3 heteroatoms. The fourth-order valence-electron chi connectivity index (χ4n) is 1.15. The van der Waals surface area contributed by atoms with E-state index in [0.29, 0.717) is 6.61 Å². The van der Waals surface area contributed by atoms with Gasteiger partial charge in [0.1, 0.15) is 6.10 Å². The lowest BCUT2D eigenvalue weighted by Crippen LogP contribution is -2.41. The molecule has 0 amide bonds. The summed E-state index contributed by atoms with van der Waals surface area (Å²) in [7, 11) is 0. The second-order valence-corrected chi connectivity index (χ2v) is 3.13. The van der Waals surface area contributed by atoms with Crippen LogP contribution in [0.15, 0.2) is 0 Å². The van der Waals surface area contributed by atoms with E-state index in [1.54, 1.807) is 6.92 Å². The van der Waals surface area contributed by atoms with Crippen LogP contribution in [0.3, 0.4) is 0 Å². The third-order valence-corrected chi connectivity index (χ3v) is 2.36. The van der Waals surface area contributed by atoms with E-state index < -0.39 is 11.7 Å². The highest BCUT2D eigenvalue weighted by Gasteiger charge is 2.43. The second kappa shape index (κ2) is 2.49. The van der Waals surface area contributed by atoms with Crippen molar-refractivity contribution < 1.29 is 14.9 Å². The molecule has 0 unspecified atom stereocenters. The zero-order valence-electron chi connectivity index (χ0n) is 6.37. The highest BCUT2D eigenvalue weighted by atomic mass is 16.5. The monoisotopic (exact) mass is 146 g/mol. The lowest BCUT2D eigenvalue weighted by atomic mass is 9.89. The molecule has 0 aliphatic carbocycles. The van der Waals surface area contributed by atoms with Gasteiger partial charge in [0, 0.05) is 5.92 Å². The first-order chi connectivity index (χ1) is 4.59. The molecule has 1 rings (SSSR count). The van der Waals surface area contributed by atoms with Crippen molar-refractivity contribution in [1.29, 1.82) is 0 Å². The summed E-state index contributed by atoms with van der Waals surface area (Å²) in [6.07, 6.45) is -0.400. The molecular weight excluding hydrogens is 132 g/mol. The molecule has 3 nitrogen and oxygen atoms in total. The predicted octanol–water partition coefficient (Wildman–Crippen LogP) is -0.235. The molecule has 1 heterocycles. The molecule has 0 bridgehead atoms. The van der Waals surface area contributed by atoms with Crippen LogP contribution in [0.1, 0.15) is 13.8 Å². The van der Waals surface area contributed by atoms with Crippen LogP contribution in [-0.4, -0.2) is 35.1 Å². The normalized spacial score (nSPS) is 48.0. The Bertz CT molecular complexity index is 122. The Morgan fingerprint density at radius 2 is 2.30 bits per heavy atom. The Hall–Kier alpha value is -0.120. The SMILES string of the molecule is C[C@H]1CO[C@H](CO)[C@@]1(C)O.